The van der Waals surface area contributed by atoms with Crippen LogP contribution >= 0.6 is 11.3 Å². The smallest absolute Gasteiger partial charge is 0.122 e. The number of aromatic hydroxyl groups is 1. The van der Waals surface area contributed by atoms with Gasteiger partial charge in [-0.1, -0.05) is 39.0 Å². The maximum atomic E-state index is 10.4. The summed E-state index contributed by atoms with van der Waals surface area (Å²) in [4.78, 5) is 4.23. The Morgan fingerprint density at radius 2 is 2.11 bits per heavy atom. The van der Waals surface area contributed by atoms with Crippen LogP contribution in [0.3, 0.4) is 0 Å². The van der Waals surface area contributed by atoms with Crippen molar-refractivity contribution in [1.29, 1.82) is 0 Å². The summed E-state index contributed by atoms with van der Waals surface area (Å²) in [5, 5.41) is 13.2. The monoisotopic (exact) mass is 276 g/mol. The van der Waals surface area contributed by atoms with E-state index in [9.17, 15) is 5.11 Å². The molecule has 0 aliphatic rings. The molecule has 19 heavy (non-hydrogen) atoms. The van der Waals surface area contributed by atoms with Crippen LogP contribution in [0.1, 0.15) is 42.9 Å². The molecule has 0 amide bonds. The van der Waals surface area contributed by atoms with Crippen LogP contribution in [-0.2, 0) is 11.8 Å². The van der Waals surface area contributed by atoms with Crippen molar-refractivity contribution in [3.05, 3.63) is 45.9 Å². The normalized spacial score (nSPS) is 13.5. The van der Waals surface area contributed by atoms with E-state index in [2.05, 4.69) is 25.8 Å². The Morgan fingerprint density at radius 1 is 1.37 bits per heavy atom. The second-order valence-corrected chi connectivity index (χ2v) is 6.67. The Morgan fingerprint density at radius 3 is 2.68 bits per heavy atom. The number of benzene rings is 1. The van der Waals surface area contributed by atoms with Gasteiger partial charge in [0, 0.05) is 11.6 Å². The SMILES string of the molecule is CC(C)(C)c1cccc(CC(N)c2nccs2)c1O. The lowest BCUT2D eigenvalue weighted by Crippen LogP contribution is -2.15. The van der Waals surface area contributed by atoms with Crippen LogP contribution < -0.4 is 5.73 Å². The number of para-hydroxylation sites is 1. The van der Waals surface area contributed by atoms with Crippen molar-refractivity contribution < 1.29 is 5.11 Å². The molecule has 1 atom stereocenters. The molecule has 3 N–H and O–H groups in total. The molecule has 1 aromatic carbocycles. The van der Waals surface area contributed by atoms with Gasteiger partial charge < -0.3 is 10.8 Å². The Labute approximate surface area is 118 Å². The molecule has 0 bridgehead atoms. The summed E-state index contributed by atoms with van der Waals surface area (Å²) in [5.74, 6) is 0.363. The average Bonchev–Trinajstić information content (AvgIpc) is 2.83. The third-order valence-corrected chi connectivity index (χ3v) is 4.04. The van der Waals surface area contributed by atoms with Gasteiger partial charge in [-0.3, -0.25) is 0 Å². The highest BCUT2D eigenvalue weighted by molar-refractivity contribution is 7.09. The van der Waals surface area contributed by atoms with Crippen LogP contribution in [0.15, 0.2) is 29.8 Å². The quantitative estimate of drug-likeness (QED) is 0.903. The minimum Gasteiger partial charge on any atom is -0.507 e. The van der Waals surface area contributed by atoms with Gasteiger partial charge in [0.25, 0.3) is 0 Å². The Hall–Kier alpha value is -1.39. The largest absolute Gasteiger partial charge is 0.507 e. The number of phenolic OH excluding ortho intramolecular Hbond substituents is 1. The first kappa shape index (κ1) is 14.0. The third kappa shape index (κ3) is 3.14. The summed E-state index contributed by atoms with van der Waals surface area (Å²) in [7, 11) is 0. The van der Waals surface area contributed by atoms with Crippen molar-refractivity contribution in [2.75, 3.05) is 0 Å². The molecule has 4 heteroatoms. The van der Waals surface area contributed by atoms with Crippen LogP contribution in [0.25, 0.3) is 0 Å². The Kier molecular flexibility index (Phi) is 3.92. The summed E-state index contributed by atoms with van der Waals surface area (Å²) in [6.07, 6.45) is 2.36. The highest BCUT2D eigenvalue weighted by atomic mass is 32.1. The van der Waals surface area contributed by atoms with Crippen LogP contribution in [0.2, 0.25) is 0 Å². The second kappa shape index (κ2) is 5.31. The van der Waals surface area contributed by atoms with Gasteiger partial charge in [-0.15, -0.1) is 11.3 Å². The molecule has 0 radical (unpaired) electrons. The summed E-state index contributed by atoms with van der Waals surface area (Å²) < 4.78 is 0. The van der Waals surface area contributed by atoms with Crippen molar-refractivity contribution in [3.8, 4) is 5.75 Å². The molecule has 0 aliphatic heterocycles. The number of rotatable bonds is 3. The number of thiazole rings is 1. The number of nitrogens with zero attached hydrogens (tertiary/aromatic N) is 1. The molecule has 0 aliphatic carbocycles. The van der Waals surface area contributed by atoms with Crippen molar-refractivity contribution in [1.82, 2.24) is 4.98 Å². The highest BCUT2D eigenvalue weighted by Crippen LogP contribution is 2.34. The lowest BCUT2D eigenvalue weighted by Gasteiger charge is -2.22. The van der Waals surface area contributed by atoms with E-state index in [0.29, 0.717) is 12.2 Å². The van der Waals surface area contributed by atoms with Gasteiger partial charge in [0.15, 0.2) is 0 Å². The zero-order valence-corrected chi connectivity index (χ0v) is 12.4. The maximum Gasteiger partial charge on any atom is 0.122 e. The van der Waals surface area contributed by atoms with Gasteiger partial charge in [-0.2, -0.15) is 0 Å². The number of aromatic nitrogens is 1. The van der Waals surface area contributed by atoms with E-state index >= 15 is 0 Å². The molecule has 0 saturated heterocycles. The van der Waals surface area contributed by atoms with Crippen LogP contribution in [-0.4, -0.2) is 10.1 Å². The van der Waals surface area contributed by atoms with Gasteiger partial charge in [0.05, 0.1) is 6.04 Å². The summed E-state index contributed by atoms with van der Waals surface area (Å²) in [6.45, 7) is 6.27. The number of nitrogens with two attached hydrogens (primary N) is 1. The van der Waals surface area contributed by atoms with E-state index < -0.39 is 0 Å². The third-order valence-electron chi connectivity index (χ3n) is 3.14. The number of phenols is 1. The van der Waals surface area contributed by atoms with Gasteiger partial charge in [-0.05, 0) is 23.0 Å². The van der Waals surface area contributed by atoms with Gasteiger partial charge >= 0.3 is 0 Å². The number of hydrogen-bond acceptors (Lipinski definition) is 4. The van der Waals surface area contributed by atoms with Gasteiger partial charge in [0.1, 0.15) is 10.8 Å². The van der Waals surface area contributed by atoms with Crippen molar-refractivity contribution in [2.24, 2.45) is 5.73 Å². The molecule has 2 rings (SSSR count). The summed E-state index contributed by atoms with van der Waals surface area (Å²) in [6, 6.07) is 5.71. The van der Waals surface area contributed by atoms with E-state index in [1.54, 1.807) is 17.5 Å². The molecule has 0 saturated carbocycles. The van der Waals surface area contributed by atoms with E-state index in [4.69, 9.17) is 5.73 Å². The standard InChI is InChI=1S/C15H20N2OS/c1-15(2,3)11-6-4-5-10(13(11)18)9-12(16)14-17-7-8-19-14/h4-8,12,18H,9,16H2,1-3H3. The average molecular weight is 276 g/mol. The van der Waals surface area contributed by atoms with Gasteiger partial charge in [-0.25, -0.2) is 4.98 Å². The summed E-state index contributed by atoms with van der Waals surface area (Å²) in [5.41, 5.74) is 7.90. The predicted molar refractivity (Wildman–Crippen MR) is 79.6 cm³/mol. The summed E-state index contributed by atoms with van der Waals surface area (Å²) >= 11 is 1.55. The van der Waals surface area contributed by atoms with Gasteiger partial charge in [0.2, 0.25) is 0 Å². The second-order valence-electron chi connectivity index (χ2n) is 5.74. The van der Waals surface area contributed by atoms with E-state index in [-0.39, 0.29) is 11.5 Å². The zero-order chi connectivity index (χ0) is 14.0. The lowest BCUT2D eigenvalue weighted by atomic mass is 9.84. The molecule has 1 unspecified atom stereocenters. The fourth-order valence-electron chi connectivity index (χ4n) is 2.10. The van der Waals surface area contributed by atoms with E-state index in [1.807, 2.05) is 23.6 Å². The van der Waals surface area contributed by atoms with Crippen LogP contribution in [0, 0.1) is 0 Å². The zero-order valence-electron chi connectivity index (χ0n) is 11.6. The molecule has 3 nitrogen and oxygen atoms in total. The first-order valence-corrected chi connectivity index (χ1v) is 7.24. The minimum absolute atomic E-state index is 0.0780. The van der Waals surface area contributed by atoms with Crippen LogP contribution in [0.5, 0.6) is 5.75 Å². The highest BCUT2D eigenvalue weighted by Gasteiger charge is 2.21. The van der Waals surface area contributed by atoms with E-state index in [1.165, 1.54) is 0 Å². The number of hydrogen-bond donors (Lipinski definition) is 2. The molecule has 1 heterocycles. The molecule has 0 fully saturated rings. The molecule has 1 aromatic heterocycles. The molecule has 102 valence electrons. The van der Waals surface area contributed by atoms with Crippen molar-refractivity contribution in [2.45, 2.75) is 38.6 Å². The molecular weight excluding hydrogens is 256 g/mol. The van der Waals surface area contributed by atoms with E-state index in [0.717, 1.165) is 16.1 Å². The maximum absolute atomic E-state index is 10.4. The van der Waals surface area contributed by atoms with Crippen LogP contribution in [0.4, 0.5) is 0 Å². The first-order chi connectivity index (χ1) is 8.89. The fourth-order valence-corrected chi connectivity index (χ4v) is 2.74. The molecule has 0 spiro atoms. The lowest BCUT2D eigenvalue weighted by molar-refractivity contribution is 0.438. The molecule has 2 aromatic rings. The Balaban J connectivity index is 2.27. The minimum atomic E-state index is -0.166. The predicted octanol–water partition coefficient (Wildman–Crippen LogP) is 3.39. The Bertz CT molecular complexity index is 544. The molecular formula is C15H20N2OS. The van der Waals surface area contributed by atoms with Crippen molar-refractivity contribution >= 4 is 11.3 Å². The topological polar surface area (TPSA) is 59.1 Å². The fraction of sp³-hybridized carbons (Fsp3) is 0.400. The first-order valence-electron chi connectivity index (χ1n) is 6.36. The van der Waals surface area contributed by atoms with Crippen molar-refractivity contribution in [3.63, 3.8) is 0 Å².